The van der Waals surface area contributed by atoms with E-state index < -0.39 is 0 Å². The Bertz CT molecular complexity index is 896. The molecule has 0 saturated carbocycles. The number of aromatic nitrogens is 3. The number of carbonyl (C=O) groups is 1. The molecule has 26 heavy (non-hydrogen) atoms. The van der Waals surface area contributed by atoms with Gasteiger partial charge in [-0.2, -0.15) is 5.10 Å². The summed E-state index contributed by atoms with van der Waals surface area (Å²) >= 11 is 0. The number of aldehydes is 1. The van der Waals surface area contributed by atoms with Gasteiger partial charge < -0.3 is 15.4 Å². The molecule has 0 aliphatic carbocycles. The molecule has 0 spiro atoms. The summed E-state index contributed by atoms with van der Waals surface area (Å²) in [5.74, 6) is 0.868. The van der Waals surface area contributed by atoms with Gasteiger partial charge in [0.25, 0.3) is 0 Å². The number of nitrogens with one attached hydrogen (secondary N) is 2. The predicted octanol–water partition coefficient (Wildman–Crippen LogP) is 2.28. The monoisotopic (exact) mass is 357 g/mol. The average molecular weight is 357 g/mol. The molecular weight excluding hydrogens is 337 g/mol. The van der Waals surface area contributed by atoms with Crippen molar-refractivity contribution in [3.05, 3.63) is 53.6 Å². The molecule has 0 aliphatic heterocycles. The van der Waals surface area contributed by atoms with E-state index in [1.54, 1.807) is 18.3 Å². The van der Waals surface area contributed by atoms with Crippen LogP contribution in [0.5, 0.6) is 5.75 Å². The number of ether oxygens (including phenoxy) is 1. The van der Waals surface area contributed by atoms with Crippen molar-refractivity contribution in [2.24, 2.45) is 0 Å². The largest absolute Gasteiger partial charge is 0.493 e. The molecule has 7 nitrogen and oxygen atoms in total. The van der Waals surface area contributed by atoms with Gasteiger partial charge in [-0.15, -0.1) is 0 Å². The Morgan fingerprint density at radius 3 is 3.04 bits per heavy atom. The van der Waals surface area contributed by atoms with E-state index in [9.17, 15) is 9.18 Å². The van der Waals surface area contributed by atoms with Gasteiger partial charge in [0.05, 0.1) is 18.4 Å². The third kappa shape index (κ3) is 4.15. The van der Waals surface area contributed by atoms with Gasteiger partial charge in [0.1, 0.15) is 17.4 Å². The quantitative estimate of drug-likeness (QED) is 0.452. The van der Waals surface area contributed by atoms with Gasteiger partial charge in [-0.25, -0.2) is 13.9 Å². The van der Waals surface area contributed by atoms with Crippen LogP contribution in [0.3, 0.4) is 0 Å². The zero-order valence-corrected chi connectivity index (χ0v) is 14.4. The standard InChI is InChI=1S/C18H20FN5O2/c1-20-6-2-8-26-16-4-3-15(19)9-13(16)10-21-17-5-7-24-18(23-17)14(12-25)11-22-24/h3-5,7,9,11-12,20H,2,6,8,10H2,1H3,(H,21,23). The van der Waals surface area contributed by atoms with Crippen LogP contribution in [0.15, 0.2) is 36.7 Å². The molecule has 2 aromatic heterocycles. The van der Waals surface area contributed by atoms with Crippen molar-refractivity contribution < 1.29 is 13.9 Å². The minimum Gasteiger partial charge on any atom is -0.493 e. The van der Waals surface area contributed by atoms with Gasteiger partial charge in [-0.05, 0) is 44.3 Å². The number of benzene rings is 1. The highest BCUT2D eigenvalue weighted by Gasteiger charge is 2.08. The first-order chi connectivity index (χ1) is 12.7. The van der Waals surface area contributed by atoms with Crippen LogP contribution in [0.4, 0.5) is 10.2 Å². The summed E-state index contributed by atoms with van der Waals surface area (Å²) in [4.78, 5) is 15.4. The lowest BCUT2D eigenvalue weighted by molar-refractivity contribution is 0.112. The first kappa shape index (κ1) is 17.8. The van der Waals surface area contributed by atoms with Crippen LogP contribution in [-0.4, -0.2) is 41.1 Å². The maximum absolute atomic E-state index is 13.6. The highest BCUT2D eigenvalue weighted by atomic mass is 19.1. The summed E-state index contributed by atoms with van der Waals surface area (Å²) in [5.41, 5.74) is 1.57. The Labute approximate surface area is 150 Å². The summed E-state index contributed by atoms with van der Waals surface area (Å²) in [7, 11) is 1.88. The third-order valence-corrected chi connectivity index (χ3v) is 3.83. The minimum atomic E-state index is -0.327. The molecule has 2 heterocycles. The van der Waals surface area contributed by atoms with Gasteiger partial charge in [-0.3, -0.25) is 4.79 Å². The van der Waals surface area contributed by atoms with E-state index in [1.165, 1.54) is 22.8 Å². The van der Waals surface area contributed by atoms with Gasteiger partial charge in [0.15, 0.2) is 11.9 Å². The van der Waals surface area contributed by atoms with E-state index in [0.717, 1.165) is 13.0 Å². The van der Waals surface area contributed by atoms with E-state index in [-0.39, 0.29) is 5.82 Å². The van der Waals surface area contributed by atoms with Crippen molar-refractivity contribution >= 4 is 17.8 Å². The van der Waals surface area contributed by atoms with Crippen LogP contribution in [0.1, 0.15) is 22.3 Å². The van der Waals surface area contributed by atoms with Crippen molar-refractivity contribution in [2.45, 2.75) is 13.0 Å². The highest BCUT2D eigenvalue weighted by Crippen LogP contribution is 2.21. The minimum absolute atomic E-state index is 0.327. The fraction of sp³-hybridized carbons (Fsp3) is 0.278. The predicted molar refractivity (Wildman–Crippen MR) is 96.1 cm³/mol. The SMILES string of the molecule is CNCCCOc1ccc(F)cc1CNc1ccn2ncc(C=O)c2n1. The molecule has 0 bridgehead atoms. The molecule has 0 aliphatic rings. The van der Waals surface area contributed by atoms with Crippen molar-refractivity contribution in [1.82, 2.24) is 19.9 Å². The van der Waals surface area contributed by atoms with Crippen molar-refractivity contribution in [3.8, 4) is 5.75 Å². The summed E-state index contributed by atoms with van der Waals surface area (Å²) in [6, 6.07) is 6.18. The van der Waals surface area contributed by atoms with Crippen molar-refractivity contribution in [3.63, 3.8) is 0 Å². The highest BCUT2D eigenvalue weighted by molar-refractivity contribution is 5.83. The molecule has 2 N–H and O–H groups in total. The number of anilines is 1. The van der Waals surface area contributed by atoms with E-state index in [1.807, 2.05) is 7.05 Å². The molecule has 8 heteroatoms. The summed E-state index contributed by atoms with van der Waals surface area (Å²) < 4.78 is 20.9. The van der Waals surface area contributed by atoms with E-state index in [0.29, 0.717) is 47.8 Å². The van der Waals surface area contributed by atoms with Crippen molar-refractivity contribution in [2.75, 3.05) is 25.5 Å². The summed E-state index contributed by atoms with van der Waals surface area (Å²) in [5, 5.41) is 10.2. The Hall–Kier alpha value is -3.00. The fourth-order valence-corrected chi connectivity index (χ4v) is 2.51. The van der Waals surface area contributed by atoms with Crippen LogP contribution < -0.4 is 15.4 Å². The number of fused-ring (bicyclic) bond motifs is 1. The van der Waals surface area contributed by atoms with Gasteiger partial charge in [0.2, 0.25) is 0 Å². The molecule has 0 radical (unpaired) electrons. The number of halogens is 1. The Morgan fingerprint density at radius 2 is 2.23 bits per heavy atom. The average Bonchev–Trinajstić information content (AvgIpc) is 3.07. The number of hydrogen-bond acceptors (Lipinski definition) is 6. The van der Waals surface area contributed by atoms with Gasteiger partial charge in [-0.1, -0.05) is 0 Å². The third-order valence-electron chi connectivity index (χ3n) is 3.83. The topological polar surface area (TPSA) is 80.5 Å². The van der Waals surface area contributed by atoms with Gasteiger partial charge >= 0.3 is 0 Å². The van der Waals surface area contributed by atoms with E-state index in [2.05, 4.69) is 20.7 Å². The second-order valence-electron chi connectivity index (χ2n) is 5.71. The smallest absolute Gasteiger partial charge is 0.167 e. The molecule has 0 fully saturated rings. The molecule has 3 rings (SSSR count). The molecule has 0 amide bonds. The number of rotatable bonds is 9. The van der Waals surface area contributed by atoms with Crippen LogP contribution in [-0.2, 0) is 6.54 Å². The Kier molecular flexibility index (Phi) is 5.75. The van der Waals surface area contributed by atoms with E-state index >= 15 is 0 Å². The zero-order chi connectivity index (χ0) is 18.4. The lowest BCUT2D eigenvalue weighted by Crippen LogP contribution is -2.12. The molecule has 0 saturated heterocycles. The van der Waals surface area contributed by atoms with E-state index in [4.69, 9.17) is 4.74 Å². The van der Waals surface area contributed by atoms with Crippen LogP contribution >= 0.6 is 0 Å². The molecule has 0 atom stereocenters. The van der Waals surface area contributed by atoms with Crippen LogP contribution in [0.2, 0.25) is 0 Å². The Balaban J connectivity index is 1.72. The molecule has 136 valence electrons. The number of hydrogen-bond donors (Lipinski definition) is 2. The maximum Gasteiger partial charge on any atom is 0.167 e. The maximum atomic E-state index is 13.6. The van der Waals surface area contributed by atoms with Crippen molar-refractivity contribution in [1.29, 1.82) is 0 Å². The molecule has 0 unspecified atom stereocenters. The fourth-order valence-electron chi connectivity index (χ4n) is 2.51. The second-order valence-corrected chi connectivity index (χ2v) is 5.71. The zero-order valence-electron chi connectivity index (χ0n) is 14.4. The molecular formula is C18H20FN5O2. The lowest BCUT2D eigenvalue weighted by atomic mass is 10.2. The first-order valence-electron chi connectivity index (χ1n) is 8.30. The number of nitrogens with zero attached hydrogens (tertiary/aromatic N) is 3. The lowest BCUT2D eigenvalue weighted by Gasteiger charge is -2.13. The Morgan fingerprint density at radius 1 is 1.35 bits per heavy atom. The molecule has 1 aromatic carbocycles. The van der Waals surface area contributed by atoms with Crippen LogP contribution in [0.25, 0.3) is 5.65 Å². The first-order valence-corrected chi connectivity index (χ1v) is 8.30. The summed E-state index contributed by atoms with van der Waals surface area (Å²) in [6.07, 6.45) is 4.73. The number of carbonyl (C=O) groups excluding carboxylic acids is 1. The molecule has 3 aromatic rings. The van der Waals surface area contributed by atoms with Gasteiger partial charge in [0, 0.05) is 18.3 Å². The van der Waals surface area contributed by atoms with Crippen LogP contribution in [0, 0.1) is 5.82 Å². The normalized spacial score (nSPS) is 10.8. The summed E-state index contributed by atoms with van der Waals surface area (Å²) in [6.45, 7) is 1.73. The second kappa shape index (κ2) is 8.39.